The number of hydrogen-bond acceptors (Lipinski definition) is 4. The normalized spacial score (nSPS) is 13.8. The number of nitrogens with one attached hydrogen (secondary N) is 3. The van der Waals surface area contributed by atoms with E-state index in [0.717, 1.165) is 6.26 Å². The number of carbonyl (C=O) groups is 1. The first kappa shape index (κ1) is 15.3. The van der Waals surface area contributed by atoms with Crippen molar-refractivity contribution in [3.63, 3.8) is 0 Å². The van der Waals surface area contributed by atoms with Crippen LogP contribution in [0.4, 0.5) is 0 Å². The molecule has 0 aliphatic heterocycles. The van der Waals surface area contributed by atoms with Gasteiger partial charge in [0.2, 0.25) is 15.9 Å². The van der Waals surface area contributed by atoms with Crippen molar-refractivity contribution in [3.8, 4) is 0 Å². The first-order chi connectivity index (χ1) is 7.22. The van der Waals surface area contributed by atoms with Gasteiger partial charge in [0.1, 0.15) is 0 Å². The minimum atomic E-state index is -3.15. The summed E-state index contributed by atoms with van der Waals surface area (Å²) >= 11 is 0. The molecule has 7 heteroatoms. The van der Waals surface area contributed by atoms with Crippen LogP contribution in [-0.2, 0) is 14.8 Å². The fourth-order valence-electron chi connectivity index (χ4n) is 1.03. The molecule has 96 valence electrons. The second kappa shape index (κ2) is 6.82. The molecule has 0 aliphatic rings. The summed E-state index contributed by atoms with van der Waals surface area (Å²) in [5.41, 5.74) is 0. The van der Waals surface area contributed by atoms with Gasteiger partial charge >= 0.3 is 0 Å². The Kier molecular flexibility index (Phi) is 6.54. The summed E-state index contributed by atoms with van der Waals surface area (Å²) in [7, 11) is -3.15. The van der Waals surface area contributed by atoms with Crippen LogP contribution in [0.1, 0.15) is 20.8 Å². The maximum absolute atomic E-state index is 11.4. The second-order valence-corrected chi connectivity index (χ2v) is 5.84. The largest absolute Gasteiger partial charge is 0.353 e. The number of amides is 1. The van der Waals surface area contributed by atoms with Crippen molar-refractivity contribution < 1.29 is 13.2 Å². The zero-order valence-corrected chi connectivity index (χ0v) is 11.0. The number of hydrogen-bond donors (Lipinski definition) is 3. The topological polar surface area (TPSA) is 87.3 Å². The molecule has 0 fully saturated rings. The zero-order valence-electron chi connectivity index (χ0n) is 10.2. The highest BCUT2D eigenvalue weighted by Crippen LogP contribution is 1.84. The van der Waals surface area contributed by atoms with Crippen molar-refractivity contribution in [1.29, 1.82) is 0 Å². The summed E-state index contributed by atoms with van der Waals surface area (Å²) < 4.78 is 23.8. The lowest BCUT2D eigenvalue weighted by Crippen LogP contribution is -2.46. The van der Waals surface area contributed by atoms with Gasteiger partial charge in [0.15, 0.2) is 0 Å². The Labute approximate surface area is 97.2 Å². The lowest BCUT2D eigenvalue weighted by atomic mass is 10.3. The molecule has 16 heavy (non-hydrogen) atoms. The van der Waals surface area contributed by atoms with E-state index in [1.165, 1.54) is 0 Å². The highest BCUT2D eigenvalue weighted by Gasteiger charge is 2.12. The maximum atomic E-state index is 11.4. The van der Waals surface area contributed by atoms with Crippen molar-refractivity contribution in [3.05, 3.63) is 0 Å². The van der Waals surface area contributed by atoms with Gasteiger partial charge < -0.3 is 10.6 Å². The van der Waals surface area contributed by atoms with Gasteiger partial charge in [-0.2, -0.15) is 0 Å². The molecule has 0 spiro atoms. The Hall–Kier alpha value is -0.660. The van der Waals surface area contributed by atoms with Crippen molar-refractivity contribution in [2.75, 3.05) is 19.3 Å². The Morgan fingerprint density at radius 2 is 1.75 bits per heavy atom. The Morgan fingerprint density at radius 3 is 2.19 bits per heavy atom. The van der Waals surface area contributed by atoms with Gasteiger partial charge in [-0.05, 0) is 20.8 Å². The molecule has 1 unspecified atom stereocenters. The zero-order chi connectivity index (χ0) is 12.8. The molecule has 1 atom stereocenters. The van der Waals surface area contributed by atoms with Crippen LogP contribution in [0.25, 0.3) is 0 Å². The highest BCUT2D eigenvalue weighted by molar-refractivity contribution is 7.88. The smallest absolute Gasteiger partial charge is 0.237 e. The molecule has 0 saturated carbocycles. The first-order valence-electron chi connectivity index (χ1n) is 5.21. The van der Waals surface area contributed by atoms with E-state index in [1.807, 2.05) is 13.8 Å². The molecule has 0 heterocycles. The van der Waals surface area contributed by atoms with Gasteiger partial charge in [-0.1, -0.05) is 0 Å². The van der Waals surface area contributed by atoms with Crippen LogP contribution in [0.2, 0.25) is 0 Å². The standard InChI is InChI=1S/C9H21N3O3S/c1-7(2)12-9(13)8(3)10-5-6-11-16(4,14)15/h7-8,10-11H,5-6H2,1-4H3,(H,12,13). The monoisotopic (exact) mass is 251 g/mol. The van der Waals surface area contributed by atoms with Crippen molar-refractivity contribution in [1.82, 2.24) is 15.4 Å². The van der Waals surface area contributed by atoms with Crippen LogP contribution in [-0.4, -0.2) is 45.8 Å². The lowest BCUT2D eigenvalue weighted by Gasteiger charge is -2.15. The Bertz CT molecular complexity index is 314. The molecule has 0 aromatic carbocycles. The minimum absolute atomic E-state index is 0.0886. The number of carbonyl (C=O) groups excluding carboxylic acids is 1. The van der Waals surface area contributed by atoms with Crippen molar-refractivity contribution >= 4 is 15.9 Å². The quantitative estimate of drug-likeness (QED) is 0.509. The Morgan fingerprint density at radius 1 is 1.19 bits per heavy atom. The highest BCUT2D eigenvalue weighted by atomic mass is 32.2. The van der Waals surface area contributed by atoms with E-state index in [0.29, 0.717) is 6.54 Å². The summed E-state index contributed by atoms with van der Waals surface area (Å²) in [6.07, 6.45) is 1.10. The summed E-state index contributed by atoms with van der Waals surface area (Å²) in [4.78, 5) is 11.4. The lowest BCUT2D eigenvalue weighted by molar-refractivity contribution is -0.123. The van der Waals surface area contributed by atoms with Gasteiger partial charge in [0, 0.05) is 19.1 Å². The van der Waals surface area contributed by atoms with E-state index in [2.05, 4.69) is 15.4 Å². The molecule has 0 saturated heterocycles. The van der Waals surface area contributed by atoms with Gasteiger partial charge in [0.25, 0.3) is 0 Å². The molecule has 0 bridgehead atoms. The molecular weight excluding hydrogens is 230 g/mol. The average Bonchev–Trinajstić information content (AvgIpc) is 2.09. The van der Waals surface area contributed by atoms with E-state index in [1.54, 1.807) is 6.92 Å². The van der Waals surface area contributed by atoms with Crippen LogP contribution in [0.15, 0.2) is 0 Å². The fourth-order valence-corrected chi connectivity index (χ4v) is 1.50. The van der Waals surface area contributed by atoms with E-state index >= 15 is 0 Å². The third-order valence-electron chi connectivity index (χ3n) is 1.76. The number of sulfonamides is 1. The van der Waals surface area contributed by atoms with E-state index in [4.69, 9.17) is 0 Å². The molecule has 0 radical (unpaired) electrons. The molecule has 0 aromatic rings. The van der Waals surface area contributed by atoms with E-state index in [9.17, 15) is 13.2 Å². The molecular formula is C9H21N3O3S. The number of rotatable bonds is 7. The van der Waals surface area contributed by atoms with Crippen LogP contribution in [0, 0.1) is 0 Å². The maximum Gasteiger partial charge on any atom is 0.237 e. The third kappa shape index (κ3) is 8.63. The molecule has 6 nitrogen and oxygen atoms in total. The molecule has 3 N–H and O–H groups in total. The molecule has 1 amide bonds. The molecule has 0 rings (SSSR count). The van der Waals surface area contributed by atoms with Gasteiger partial charge in [-0.25, -0.2) is 13.1 Å². The van der Waals surface area contributed by atoms with Gasteiger partial charge in [0.05, 0.1) is 12.3 Å². The summed E-state index contributed by atoms with van der Waals surface area (Å²) in [5.74, 6) is -0.0886. The average molecular weight is 251 g/mol. The summed E-state index contributed by atoms with van der Waals surface area (Å²) in [5, 5.41) is 5.68. The second-order valence-electron chi connectivity index (χ2n) is 4.01. The predicted molar refractivity (Wildman–Crippen MR) is 63.6 cm³/mol. The van der Waals surface area contributed by atoms with Crippen LogP contribution < -0.4 is 15.4 Å². The van der Waals surface area contributed by atoms with Crippen LogP contribution in [0.5, 0.6) is 0 Å². The minimum Gasteiger partial charge on any atom is -0.353 e. The van der Waals surface area contributed by atoms with Crippen LogP contribution in [0.3, 0.4) is 0 Å². The van der Waals surface area contributed by atoms with E-state index in [-0.39, 0.29) is 24.5 Å². The molecule has 0 aromatic heterocycles. The Balaban J connectivity index is 3.73. The van der Waals surface area contributed by atoms with Crippen molar-refractivity contribution in [2.24, 2.45) is 0 Å². The van der Waals surface area contributed by atoms with Gasteiger partial charge in [-0.15, -0.1) is 0 Å². The first-order valence-corrected chi connectivity index (χ1v) is 7.10. The summed E-state index contributed by atoms with van der Waals surface area (Å²) in [6.45, 7) is 6.20. The SMILES string of the molecule is CC(C)NC(=O)C(C)NCCNS(C)(=O)=O. The third-order valence-corrected chi connectivity index (χ3v) is 2.49. The predicted octanol–water partition coefficient (Wildman–Crippen LogP) is -0.962. The molecule has 0 aliphatic carbocycles. The van der Waals surface area contributed by atoms with Gasteiger partial charge in [-0.3, -0.25) is 4.79 Å². The summed E-state index contributed by atoms with van der Waals surface area (Å²) in [6, 6.07) is -0.227. The van der Waals surface area contributed by atoms with Crippen molar-refractivity contribution in [2.45, 2.75) is 32.9 Å². The van der Waals surface area contributed by atoms with Crippen LogP contribution >= 0.6 is 0 Å². The van der Waals surface area contributed by atoms with E-state index < -0.39 is 10.0 Å². The fraction of sp³-hybridized carbons (Fsp3) is 0.889.